The highest BCUT2D eigenvalue weighted by molar-refractivity contribution is 5.87. The van der Waals surface area contributed by atoms with Gasteiger partial charge in [0.1, 0.15) is 0 Å². The molecule has 4 heteroatoms. The lowest BCUT2D eigenvalue weighted by Gasteiger charge is -2.16. The van der Waals surface area contributed by atoms with Gasteiger partial charge in [-0.1, -0.05) is 44.7 Å². The van der Waals surface area contributed by atoms with Crippen LogP contribution in [0.1, 0.15) is 54.9 Å². The van der Waals surface area contributed by atoms with Crippen molar-refractivity contribution in [1.29, 1.82) is 0 Å². The van der Waals surface area contributed by atoms with E-state index < -0.39 is 5.97 Å². The second-order valence-corrected chi connectivity index (χ2v) is 6.33. The number of aromatic carboxylic acids is 1. The number of carboxylic acid groups (broad SMARTS) is 1. The largest absolute Gasteiger partial charge is 0.478 e. The zero-order valence-electron chi connectivity index (χ0n) is 13.2. The van der Waals surface area contributed by atoms with E-state index in [4.69, 9.17) is 5.11 Å². The van der Waals surface area contributed by atoms with Crippen molar-refractivity contribution in [3.05, 3.63) is 35.4 Å². The Morgan fingerprint density at radius 1 is 1.23 bits per heavy atom. The molecule has 0 aliphatic heterocycles. The van der Waals surface area contributed by atoms with Gasteiger partial charge in [0.05, 0.1) is 5.56 Å². The molecule has 0 saturated heterocycles. The number of amides is 1. The lowest BCUT2D eigenvalue weighted by atomic mass is 9.94. The van der Waals surface area contributed by atoms with Crippen molar-refractivity contribution < 1.29 is 14.7 Å². The average Bonchev–Trinajstić information content (AvgIpc) is 3.00. The Hall–Kier alpha value is -1.84. The van der Waals surface area contributed by atoms with Gasteiger partial charge in [-0.3, -0.25) is 4.79 Å². The molecule has 1 atom stereocenters. The van der Waals surface area contributed by atoms with Gasteiger partial charge in [0.2, 0.25) is 5.91 Å². The van der Waals surface area contributed by atoms with Gasteiger partial charge in [-0.25, -0.2) is 4.79 Å². The highest BCUT2D eigenvalue weighted by atomic mass is 16.4. The fourth-order valence-electron chi connectivity index (χ4n) is 3.17. The molecule has 1 aliphatic carbocycles. The molecule has 0 radical (unpaired) electrons. The molecule has 1 unspecified atom stereocenters. The van der Waals surface area contributed by atoms with E-state index >= 15 is 0 Å². The molecule has 1 aromatic rings. The summed E-state index contributed by atoms with van der Waals surface area (Å²) in [6, 6.07) is 6.81. The number of rotatable bonds is 7. The summed E-state index contributed by atoms with van der Waals surface area (Å²) in [5.74, 6) is 0.0245. The molecule has 1 aromatic carbocycles. The first-order valence-corrected chi connectivity index (χ1v) is 8.16. The van der Waals surface area contributed by atoms with Gasteiger partial charge in [-0.05, 0) is 36.5 Å². The van der Waals surface area contributed by atoms with E-state index in [1.54, 1.807) is 24.3 Å². The minimum Gasteiger partial charge on any atom is -0.478 e. The second kappa shape index (κ2) is 7.97. The summed E-state index contributed by atoms with van der Waals surface area (Å²) in [6.45, 7) is 2.61. The molecule has 0 spiro atoms. The molecule has 0 aromatic heterocycles. The Morgan fingerprint density at radius 3 is 2.45 bits per heavy atom. The van der Waals surface area contributed by atoms with Gasteiger partial charge < -0.3 is 10.4 Å². The first kappa shape index (κ1) is 16.5. The van der Waals surface area contributed by atoms with Crippen molar-refractivity contribution in [3.63, 3.8) is 0 Å². The molecule has 1 saturated carbocycles. The molecule has 120 valence electrons. The highest BCUT2D eigenvalue weighted by Crippen LogP contribution is 2.30. The third kappa shape index (κ3) is 4.86. The summed E-state index contributed by atoms with van der Waals surface area (Å²) in [7, 11) is 0. The minimum absolute atomic E-state index is 0.0810. The van der Waals surface area contributed by atoms with Crippen LogP contribution in [-0.4, -0.2) is 23.5 Å². The zero-order chi connectivity index (χ0) is 15.9. The maximum Gasteiger partial charge on any atom is 0.335 e. The molecule has 2 N–H and O–H groups in total. The van der Waals surface area contributed by atoms with Crippen molar-refractivity contribution in [2.45, 2.75) is 45.4 Å². The standard InChI is InChI=1S/C18H25NO3/c1-13(12-15-4-2-3-5-15)17(20)19-11-10-14-6-8-16(9-7-14)18(21)22/h6-9,13,15H,2-5,10-12H2,1H3,(H,19,20)(H,21,22). The molecule has 1 fully saturated rings. The zero-order valence-corrected chi connectivity index (χ0v) is 13.2. The number of hydrogen-bond acceptors (Lipinski definition) is 2. The SMILES string of the molecule is CC(CC1CCCC1)C(=O)NCCc1ccc(C(=O)O)cc1. The number of benzene rings is 1. The lowest BCUT2D eigenvalue weighted by Crippen LogP contribution is -2.31. The van der Waals surface area contributed by atoms with Crippen molar-refractivity contribution in [2.75, 3.05) is 6.54 Å². The Labute approximate surface area is 131 Å². The van der Waals surface area contributed by atoms with Gasteiger partial charge in [-0.15, -0.1) is 0 Å². The highest BCUT2D eigenvalue weighted by Gasteiger charge is 2.21. The van der Waals surface area contributed by atoms with Crippen LogP contribution in [0.15, 0.2) is 24.3 Å². The van der Waals surface area contributed by atoms with Crippen LogP contribution in [0.4, 0.5) is 0 Å². The normalized spacial score (nSPS) is 16.4. The summed E-state index contributed by atoms with van der Waals surface area (Å²) in [6.07, 6.45) is 6.89. The van der Waals surface area contributed by atoms with E-state index in [0.29, 0.717) is 6.54 Å². The maximum atomic E-state index is 12.1. The van der Waals surface area contributed by atoms with E-state index in [-0.39, 0.29) is 17.4 Å². The van der Waals surface area contributed by atoms with Crippen molar-refractivity contribution >= 4 is 11.9 Å². The van der Waals surface area contributed by atoms with Crippen LogP contribution in [0, 0.1) is 11.8 Å². The number of nitrogens with one attached hydrogen (secondary N) is 1. The van der Waals surface area contributed by atoms with Gasteiger partial charge >= 0.3 is 5.97 Å². The molecule has 4 nitrogen and oxygen atoms in total. The Morgan fingerprint density at radius 2 is 1.86 bits per heavy atom. The minimum atomic E-state index is -0.916. The van der Waals surface area contributed by atoms with Gasteiger partial charge in [-0.2, -0.15) is 0 Å². The van der Waals surface area contributed by atoms with Crippen LogP contribution in [0.2, 0.25) is 0 Å². The summed E-state index contributed by atoms with van der Waals surface area (Å²) in [5.41, 5.74) is 1.33. The predicted molar refractivity (Wildman–Crippen MR) is 85.9 cm³/mol. The molecule has 0 bridgehead atoms. The number of carbonyl (C=O) groups excluding carboxylic acids is 1. The van der Waals surface area contributed by atoms with Crippen LogP contribution in [0.3, 0.4) is 0 Å². The fraction of sp³-hybridized carbons (Fsp3) is 0.556. The van der Waals surface area contributed by atoms with Crippen LogP contribution < -0.4 is 5.32 Å². The molecule has 1 aliphatic rings. The van der Waals surface area contributed by atoms with Crippen LogP contribution in [0.25, 0.3) is 0 Å². The van der Waals surface area contributed by atoms with Gasteiger partial charge in [0.25, 0.3) is 0 Å². The predicted octanol–water partition coefficient (Wildman–Crippen LogP) is 3.26. The van der Waals surface area contributed by atoms with Gasteiger partial charge in [0, 0.05) is 12.5 Å². The van der Waals surface area contributed by atoms with Crippen LogP contribution >= 0.6 is 0 Å². The smallest absolute Gasteiger partial charge is 0.335 e. The van der Waals surface area contributed by atoms with E-state index in [1.807, 2.05) is 6.92 Å². The number of carbonyl (C=O) groups is 2. The molecule has 0 heterocycles. The van der Waals surface area contributed by atoms with E-state index in [1.165, 1.54) is 25.7 Å². The third-order valence-corrected chi connectivity index (χ3v) is 4.52. The van der Waals surface area contributed by atoms with Crippen LogP contribution in [0.5, 0.6) is 0 Å². The van der Waals surface area contributed by atoms with Crippen molar-refractivity contribution in [3.8, 4) is 0 Å². The van der Waals surface area contributed by atoms with Crippen LogP contribution in [-0.2, 0) is 11.2 Å². The number of hydrogen-bond donors (Lipinski definition) is 2. The Kier molecular flexibility index (Phi) is 5.99. The summed E-state index contributed by atoms with van der Waals surface area (Å²) >= 11 is 0. The fourth-order valence-corrected chi connectivity index (χ4v) is 3.17. The molecular weight excluding hydrogens is 278 g/mol. The maximum absolute atomic E-state index is 12.1. The van der Waals surface area contributed by atoms with Gasteiger partial charge in [0.15, 0.2) is 0 Å². The Bertz CT molecular complexity index is 504. The first-order valence-electron chi connectivity index (χ1n) is 8.16. The molecule has 2 rings (SSSR count). The summed E-state index contributed by atoms with van der Waals surface area (Å²) in [5, 5.41) is 11.8. The average molecular weight is 303 g/mol. The number of carboxylic acids is 1. The van der Waals surface area contributed by atoms with E-state index in [2.05, 4.69) is 5.32 Å². The lowest BCUT2D eigenvalue weighted by molar-refractivity contribution is -0.124. The molecule has 1 amide bonds. The van der Waals surface area contributed by atoms with E-state index in [0.717, 1.165) is 24.3 Å². The molecular formula is C18H25NO3. The monoisotopic (exact) mass is 303 g/mol. The van der Waals surface area contributed by atoms with Crippen molar-refractivity contribution in [1.82, 2.24) is 5.32 Å². The van der Waals surface area contributed by atoms with Crippen molar-refractivity contribution in [2.24, 2.45) is 11.8 Å². The first-order chi connectivity index (χ1) is 10.6. The Balaban J connectivity index is 1.70. The topological polar surface area (TPSA) is 66.4 Å². The second-order valence-electron chi connectivity index (χ2n) is 6.33. The molecule has 22 heavy (non-hydrogen) atoms. The third-order valence-electron chi connectivity index (χ3n) is 4.52. The van der Waals surface area contributed by atoms with E-state index in [9.17, 15) is 9.59 Å². The quantitative estimate of drug-likeness (QED) is 0.812. The summed E-state index contributed by atoms with van der Waals surface area (Å²) in [4.78, 5) is 22.9. The summed E-state index contributed by atoms with van der Waals surface area (Å²) < 4.78 is 0.